The van der Waals surface area contributed by atoms with E-state index in [1.165, 1.54) is 17.9 Å². The van der Waals surface area contributed by atoms with Gasteiger partial charge in [-0.3, -0.25) is 4.98 Å². The SMILES string of the molecule is Cc1nc(-c2[c-]cccc2)co1.[CH3-].[Cl][Ir+2]. The summed E-state index contributed by atoms with van der Waals surface area (Å²) in [4.78, 5) is 4.18. The molecule has 2 aromatic rings. The predicted octanol–water partition coefficient (Wildman–Crippen LogP) is 3.59. The summed E-state index contributed by atoms with van der Waals surface area (Å²) < 4.78 is 5.09. The Hall–Kier alpha value is -0.631. The summed E-state index contributed by atoms with van der Waals surface area (Å²) >= 11 is 1.47. The predicted molar refractivity (Wildman–Crippen MR) is 57.8 cm³/mol. The number of rotatable bonds is 1. The topological polar surface area (TPSA) is 26.0 Å². The van der Waals surface area contributed by atoms with Gasteiger partial charge in [0, 0.05) is 12.6 Å². The maximum atomic E-state index is 5.09. The zero-order chi connectivity index (χ0) is 10.4. The van der Waals surface area contributed by atoms with E-state index in [4.69, 9.17) is 4.42 Å². The van der Waals surface area contributed by atoms with Gasteiger partial charge in [-0.25, -0.2) is 0 Å². The van der Waals surface area contributed by atoms with Crippen molar-refractivity contribution in [3.05, 3.63) is 49.9 Å². The fourth-order valence-corrected chi connectivity index (χ4v) is 1.04. The van der Waals surface area contributed by atoms with E-state index in [9.17, 15) is 0 Å². The summed E-state index contributed by atoms with van der Waals surface area (Å²) in [5.74, 6) is 0.683. The maximum absolute atomic E-state index is 5.09. The molecule has 2 nitrogen and oxygen atoms in total. The van der Waals surface area contributed by atoms with Gasteiger partial charge >= 0.3 is 27.5 Å². The monoisotopic (exact) mass is 401 g/mol. The molecule has 0 fully saturated rings. The minimum atomic E-state index is 0. The minimum absolute atomic E-state index is 0. The Morgan fingerprint density at radius 2 is 2.13 bits per heavy atom. The molecule has 0 spiro atoms. The molecule has 2 rings (SSSR count). The van der Waals surface area contributed by atoms with E-state index in [1.54, 1.807) is 6.26 Å². The summed E-state index contributed by atoms with van der Waals surface area (Å²) in [5, 5.41) is 0. The van der Waals surface area contributed by atoms with Crippen molar-refractivity contribution in [2.24, 2.45) is 0 Å². The van der Waals surface area contributed by atoms with Gasteiger partial charge in [0.1, 0.15) is 0 Å². The molecule has 1 aromatic carbocycles. The molecule has 1 aromatic heterocycles. The van der Waals surface area contributed by atoms with Gasteiger partial charge in [0.2, 0.25) is 0 Å². The Labute approximate surface area is 105 Å². The molecule has 0 saturated carbocycles. The molecule has 0 bridgehead atoms. The fraction of sp³-hybridized carbons (Fsp3) is 0.0909. The van der Waals surface area contributed by atoms with Crippen LogP contribution in [0.2, 0.25) is 0 Å². The van der Waals surface area contributed by atoms with Crippen LogP contribution in [0.3, 0.4) is 0 Å². The number of aromatic nitrogens is 1. The Bertz CT molecular complexity index is 375. The van der Waals surface area contributed by atoms with Crippen LogP contribution in [0.5, 0.6) is 0 Å². The third kappa shape index (κ3) is 4.17. The Kier molecular flexibility index (Phi) is 7.31. The van der Waals surface area contributed by atoms with Crippen LogP contribution >= 0.6 is 9.58 Å². The van der Waals surface area contributed by atoms with E-state index in [1.807, 2.05) is 31.2 Å². The molecule has 0 aliphatic heterocycles. The molecule has 0 N–H and O–H groups in total. The molecule has 0 amide bonds. The molecule has 0 saturated heterocycles. The normalized spacial score (nSPS) is 8.47. The van der Waals surface area contributed by atoms with E-state index in [2.05, 4.69) is 20.6 Å². The van der Waals surface area contributed by atoms with E-state index >= 15 is 0 Å². The van der Waals surface area contributed by atoms with Gasteiger partial charge < -0.3 is 11.8 Å². The molecule has 0 radical (unpaired) electrons. The molecule has 0 aliphatic rings. The third-order valence-electron chi connectivity index (χ3n) is 1.60. The molecule has 82 valence electrons. The first-order valence-electron chi connectivity index (χ1n) is 3.88. The zero-order valence-electron chi connectivity index (χ0n) is 8.45. The van der Waals surface area contributed by atoms with Crippen LogP contribution in [0, 0.1) is 20.4 Å². The van der Waals surface area contributed by atoms with Crippen LogP contribution in [0.15, 0.2) is 34.9 Å². The third-order valence-corrected chi connectivity index (χ3v) is 1.60. The summed E-state index contributed by atoms with van der Waals surface area (Å²) in [6.45, 7) is 1.83. The Morgan fingerprint density at radius 3 is 2.60 bits per heavy atom. The van der Waals surface area contributed by atoms with Crippen molar-refractivity contribution in [1.82, 2.24) is 4.98 Å². The first-order valence-corrected chi connectivity index (χ1v) is 6.85. The molecule has 0 unspecified atom stereocenters. The number of nitrogens with zero attached hydrogens (tertiary/aromatic N) is 1. The second-order valence-corrected chi connectivity index (χ2v) is 2.53. The first-order chi connectivity index (χ1) is 6.86. The van der Waals surface area contributed by atoms with E-state index in [-0.39, 0.29) is 7.43 Å². The quantitative estimate of drug-likeness (QED) is 0.684. The second-order valence-electron chi connectivity index (χ2n) is 2.53. The molecule has 1 heterocycles. The average molecular weight is 401 g/mol. The van der Waals surface area contributed by atoms with Crippen molar-refractivity contribution < 1.29 is 22.3 Å². The summed E-state index contributed by atoms with van der Waals surface area (Å²) in [6.07, 6.45) is 1.64. The summed E-state index contributed by atoms with van der Waals surface area (Å²) in [7, 11) is 4.64. The summed E-state index contributed by atoms with van der Waals surface area (Å²) in [5.41, 5.74) is 1.81. The van der Waals surface area contributed by atoms with Crippen LogP contribution in [0.1, 0.15) is 5.89 Å². The van der Waals surface area contributed by atoms with Crippen molar-refractivity contribution in [1.29, 1.82) is 0 Å². The van der Waals surface area contributed by atoms with Crippen LogP contribution in [-0.4, -0.2) is 4.98 Å². The number of hydrogen-bond donors (Lipinski definition) is 0. The van der Waals surface area contributed by atoms with Crippen LogP contribution < -0.4 is 0 Å². The van der Waals surface area contributed by atoms with E-state index in [0.29, 0.717) is 5.89 Å². The fourth-order valence-electron chi connectivity index (χ4n) is 1.04. The molecular weight excluding hydrogens is 390 g/mol. The van der Waals surface area contributed by atoms with Crippen molar-refractivity contribution in [2.75, 3.05) is 0 Å². The molecule has 4 heteroatoms. The van der Waals surface area contributed by atoms with E-state index in [0.717, 1.165) is 11.3 Å². The Morgan fingerprint density at radius 1 is 1.40 bits per heavy atom. The molecule has 0 atom stereocenters. The van der Waals surface area contributed by atoms with Gasteiger partial charge in [-0.1, -0.05) is 0 Å². The number of aryl methyl sites for hydroxylation is 1. The second kappa shape index (κ2) is 7.63. The van der Waals surface area contributed by atoms with Gasteiger partial charge in [0.15, 0.2) is 5.89 Å². The average Bonchev–Trinajstić information content (AvgIpc) is 2.69. The van der Waals surface area contributed by atoms with Crippen LogP contribution in [0.4, 0.5) is 0 Å². The van der Waals surface area contributed by atoms with Crippen LogP contribution in [0.25, 0.3) is 11.3 Å². The van der Waals surface area contributed by atoms with Crippen molar-refractivity contribution in [3.8, 4) is 11.3 Å². The number of halogens is 1. The number of benzene rings is 1. The molecule has 0 aliphatic carbocycles. The van der Waals surface area contributed by atoms with Gasteiger partial charge in [-0.2, -0.15) is 0 Å². The van der Waals surface area contributed by atoms with Crippen molar-refractivity contribution in [2.45, 2.75) is 6.92 Å². The van der Waals surface area contributed by atoms with Crippen LogP contribution in [-0.2, 0) is 17.9 Å². The van der Waals surface area contributed by atoms with Gasteiger partial charge in [0.05, 0.1) is 6.26 Å². The van der Waals surface area contributed by atoms with Gasteiger partial charge in [-0.15, -0.1) is 35.9 Å². The summed E-state index contributed by atoms with van der Waals surface area (Å²) in [6, 6.07) is 10.8. The van der Waals surface area contributed by atoms with E-state index < -0.39 is 0 Å². The van der Waals surface area contributed by atoms with Crippen molar-refractivity contribution in [3.63, 3.8) is 0 Å². The van der Waals surface area contributed by atoms with Crippen molar-refractivity contribution >= 4 is 9.58 Å². The Balaban J connectivity index is 0.000000617. The van der Waals surface area contributed by atoms with Gasteiger partial charge in [0.25, 0.3) is 0 Å². The zero-order valence-corrected chi connectivity index (χ0v) is 11.6. The first kappa shape index (κ1) is 14.4. The number of oxazole rings is 1. The standard InChI is InChI=1S/C10H8NO.CH3.ClH.Ir/c1-8-11-10(7-12-8)9-5-3-2-4-6-9;;;/h2-5,7H,1H3;1H3;1H;/q2*-1;;+3/p-1. The van der Waals surface area contributed by atoms with Gasteiger partial charge in [-0.05, 0) is 0 Å². The number of hydrogen-bond acceptors (Lipinski definition) is 2. The molecular formula is C11H11ClIrNO. The molecule has 15 heavy (non-hydrogen) atoms.